The smallest absolute Gasteiger partial charge is 0.295 e. The summed E-state index contributed by atoms with van der Waals surface area (Å²) in [5.74, 6) is 0.323. The van der Waals surface area contributed by atoms with Crippen LogP contribution >= 0.6 is 0 Å². The minimum Gasteiger partial charge on any atom is -0.495 e. The standard InChI is InChI=1S/C20H21N5O5S/c1-13-10-15(14(2)22-13)12-21-23-17-9-8-16(11-19(17)25(26)27)31(28,29)24-18-6-4-5-7-20(18)30-3/h4-12,22-24H,1-3H3. The number of benzene rings is 2. The van der Waals surface area contributed by atoms with Crippen molar-refractivity contribution in [2.24, 2.45) is 5.10 Å². The fourth-order valence-corrected chi connectivity index (χ4v) is 4.00. The summed E-state index contributed by atoms with van der Waals surface area (Å²) in [6.45, 7) is 3.78. The lowest BCUT2D eigenvalue weighted by molar-refractivity contribution is -0.384. The van der Waals surface area contributed by atoms with Crippen LogP contribution in [0.2, 0.25) is 0 Å². The van der Waals surface area contributed by atoms with Crippen molar-refractivity contribution < 1.29 is 18.1 Å². The van der Waals surface area contributed by atoms with Gasteiger partial charge in [0.2, 0.25) is 0 Å². The van der Waals surface area contributed by atoms with E-state index in [1.54, 1.807) is 18.2 Å². The van der Waals surface area contributed by atoms with Crippen molar-refractivity contribution >= 4 is 33.3 Å². The first kappa shape index (κ1) is 21.8. The third kappa shape index (κ3) is 5.01. The zero-order valence-corrected chi connectivity index (χ0v) is 17.9. The minimum absolute atomic E-state index is 0.0578. The van der Waals surface area contributed by atoms with E-state index < -0.39 is 20.6 Å². The summed E-state index contributed by atoms with van der Waals surface area (Å²) in [6, 6.07) is 11.9. The van der Waals surface area contributed by atoms with Crippen LogP contribution < -0.4 is 14.9 Å². The third-order valence-corrected chi connectivity index (χ3v) is 5.77. The second-order valence-corrected chi connectivity index (χ2v) is 8.33. The highest BCUT2D eigenvalue weighted by atomic mass is 32.2. The van der Waals surface area contributed by atoms with Crippen molar-refractivity contribution in [1.29, 1.82) is 0 Å². The number of nitro groups is 1. The van der Waals surface area contributed by atoms with Gasteiger partial charge in [-0.3, -0.25) is 20.3 Å². The molecule has 0 aliphatic carbocycles. The van der Waals surface area contributed by atoms with Crippen molar-refractivity contribution in [3.05, 3.63) is 75.6 Å². The Morgan fingerprint density at radius 3 is 2.52 bits per heavy atom. The Hall–Kier alpha value is -3.86. The number of nitrogens with one attached hydrogen (secondary N) is 3. The molecule has 11 heteroatoms. The molecular formula is C20H21N5O5S. The van der Waals surface area contributed by atoms with Crippen LogP contribution in [0, 0.1) is 24.0 Å². The molecule has 0 aliphatic heterocycles. The van der Waals surface area contributed by atoms with Crippen molar-refractivity contribution in [3.8, 4) is 5.75 Å². The average Bonchev–Trinajstić information content (AvgIpc) is 3.05. The van der Waals surface area contributed by atoms with E-state index in [2.05, 4.69) is 20.2 Å². The summed E-state index contributed by atoms with van der Waals surface area (Å²) < 4.78 is 33.0. The van der Waals surface area contributed by atoms with Gasteiger partial charge in [0.05, 0.1) is 28.8 Å². The Morgan fingerprint density at radius 2 is 1.87 bits per heavy atom. The van der Waals surface area contributed by atoms with E-state index in [1.165, 1.54) is 31.5 Å². The van der Waals surface area contributed by atoms with Gasteiger partial charge in [0.1, 0.15) is 11.4 Å². The van der Waals surface area contributed by atoms with Crippen LogP contribution in [0.25, 0.3) is 0 Å². The Labute approximate surface area is 179 Å². The summed E-state index contributed by atoms with van der Waals surface area (Å²) >= 11 is 0. The number of aromatic amines is 1. The highest BCUT2D eigenvalue weighted by Gasteiger charge is 2.22. The van der Waals surface area contributed by atoms with E-state index in [-0.39, 0.29) is 16.3 Å². The summed E-state index contributed by atoms with van der Waals surface area (Å²) in [7, 11) is -2.68. The fraction of sp³-hybridized carbons (Fsp3) is 0.150. The molecule has 0 fully saturated rings. The molecule has 1 heterocycles. The minimum atomic E-state index is -4.09. The number of aromatic nitrogens is 1. The number of hydrogen-bond acceptors (Lipinski definition) is 7. The van der Waals surface area contributed by atoms with Crippen LogP contribution in [-0.4, -0.2) is 31.6 Å². The first-order chi connectivity index (χ1) is 14.7. The number of nitrogens with zero attached hydrogens (tertiary/aromatic N) is 2. The number of H-pyrrole nitrogens is 1. The van der Waals surface area contributed by atoms with E-state index >= 15 is 0 Å². The third-order valence-electron chi connectivity index (χ3n) is 4.41. The lowest BCUT2D eigenvalue weighted by Crippen LogP contribution is -2.14. The molecule has 31 heavy (non-hydrogen) atoms. The van der Waals surface area contributed by atoms with Crippen LogP contribution in [0.15, 0.2) is 58.5 Å². The largest absolute Gasteiger partial charge is 0.495 e. The molecule has 3 aromatic rings. The first-order valence-corrected chi connectivity index (χ1v) is 10.6. The van der Waals surface area contributed by atoms with Crippen LogP contribution in [-0.2, 0) is 10.0 Å². The molecule has 0 saturated carbocycles. The number of hydrogen-bond donors (Lipinski definition) is 3. The van der Waals surface area contributed by atoms with E-state index in [9.17, 15) is 18.5 Å². The molecule has 0 aliphatic rings. The fourth-order valence-electron chi connectivity index (χ4n) is 2.91. The first-order valence-electron chi connectivity index (χ1n) is 9.11. The van der Waals surface area contributed by atoms with Gasteiger partial charge < -0.3 is 9.72 Å². The van der Waals surface area contributed by atoms with Crippen molar-refractivity contribution in [3.63, 3.8) is 0 Å². The normalized spacial score (nSPS) is 11.5. The molecular weight excluding hydrogens is 422 g/mol. The van der Waals surface area contributed by atoms with Crippen molar-refractivity contribution in [2.75, 3.05) is 17.3 Å². The zero-order chi connectivity index (χ0) is 22.6. The number of anilines is 2. The molecule has 0 atom stereocenters. The van der Waals surface area contributed by atoms with Crippen molar-refractivity contribution in [2.45, 2.75) is 18.7 Å². The number of para-hydroxylation sites is 2. The summed E-state index contributed by atoms with van der Waals surface area (Å²) in [4.78, 5) is 13.7. The molecule has 0 amide bonds. The van der Waals surface area contributed by atoms with Gasteiger partial charge in [-0.25, -0.2) is 8.42 Å². The van der Waals surface area contributed by atoms with Crippen LogP contribution in [0.3, 0.4) is 0 Å². The Morgan fingerprint density at radius 1 is 1.13 bits per heavy atom. The van der Waals surface area contributed by atoms with Gasteiger partial charge in [0.15, 0.2) is 0 Å². The maximum Gasteiger partial charge on any atom is 0.295 e. The second-order valence-electron chi connectivity index (χ2n) is 6.64. The SMILES string of the molecule is COc1ccccc1NS(=O)(=O)c1ccc(NN=Cc2cc(C)[nH]c2C)c([N+](=O)[O-])c1. The number of aryl methyl sites for hydroxylation is 2. The van der Waals surface area contributed by atoms with Gasteiger partial charge in [0.25, 0.3) is 15.7 Å². The summed E-state index contributed by atoms with van der Waals surface area (Å²) in [5.41, 5.74) is 5.14. The van der Waals surface area contributed by atoms with Gasteiger partial charge in [-0.2, -0.15) is 5.10 Å². The molecule has 2 aromatic carbocycles. The quantitative estimate of drug-likeness (QED) is 0.275. The Kier molecular flexibility index (Phi) is 6.25. The van der Waals surface area contributed by atoms with Crippen LogP contribution in [0.1, 0.15) is 17.0 Å². The zero-order valence-electron chi connectivity index (χ0n) is 17.0. The van der Waals surface area contributed by atoms with Gasteiger partial charge in [-0.15, -0.1) is 0 Å². The molecule has 10 nitrogen and oxygen atoms in total. The Balaban J connectivity index is 1.87. The van der Waals surface area contributed by atoms with Gasteiger partial charge in [-0.1, -0.05) is 12.1 Å². The monoisotopic (exact) mass is 443 g/mol. The van der Waals surface area contributed by atoms with Crippen LogP contribution in [0.4, 0.5) is 17.1 Å². The van der Waals surface area contributed by atoms with E-state index in [0.717, 1.165) is 23.0 Å². The maximum absolute atomic E-state index is 12.8. The number of methoxy groups -OCH3 is 1. The lowest BCUT2D eigenvalue weighted by atomic mass is 10.2. The second kappa shape index (κ2) is 8.88. The van der Waals surface area contributed by atoms with Crippen molar-refractivity contribution in [1.82, 2.24) is 4.98 Å². The highest BCUT2D eigenvalue weighted by Crippen LogP contribution is 2.30. The topological polar surface area (TPSA) is 139 Å². The van der Waals surface area contributed by atoms with Gasteiger partial charge in [0, 0.05) is 23.0 Å². The molecule has 162 valence electrons. The summed E-state index contributed by atoms with van der Waals surface area (Å²) in [6.07, 6.45) is 1.52. The van der Waals surface area contributed by atoms with E-state index in [4.69, 9.17) is 4.74 Å². The number of ether oxygens (including phenoxy) is 1. The Bertz CT molecular complexity index is 1250. The van der Waals surface area contributed by atoms with E-state index in [1.807, 2.05) is 19.9 Å². The molecule has 0 saturated heterocycles. The van der Waals surface area contributed by atoms with Crippen LogP contribution in [0.5, 0.6) is 5.75 Å². The van der Waals surface area contributed by atoms with Gasteiger partial charge >= 0.3 is 0 Å². The van der Waals surface area contributed by atoms with E-state index in [0.29, 0.717) is 5.75 Å². The summed E-state index contributed by atoms with van der Waals surface area (Å²) in [5, 5.41) is 15.6. The lowest BCUT2D eigenvalue weighted by Gasteiger charge is -2.12. The maximum atomic E-state index is 12.8. The molecule has 0 radical (unpaired) electrons. The predicted molar refractivity (Wildman–Crippen MR) is 118 cm³/mol. The molecule has 3 N–H and O–H groups in total. The highest BCUT2D eigenvalue weighted by molar-refractivity contribution is 7.92. The average molecular weight is 443 g/mol. The number of hydrazone groups is 1. The molecule has 1 aromatic heterocycles. The molecule has 0 spiro atoms. The molecule has 0 unspecified atom stereocenters. The number of sulfonamides is 1. The number of nitro benzene ring substituents is 1. The molecule has 3 rings (SSSR count). The molecule has 0 bridgehead atoms. The number of rotatable bonds is 8. The predicted octanol–water partition coefficient (Wildman–Crippen LogP) is 3.80. The van der Waals surface area contributed by atoms with Gasteiger partial charge in [-0.05, 0) is 44.2 Å².